The van der Waals surface area contributed by atoms with Gasteiger partial charge in [0.15, 0.2) is 5.76 Å². The SMILES string of the molecule is Cc1cc(C)cc(-n2cc(C(=O)O)c(-c3ccco3)n2)c1. The molecule has 0 aliphatic heterocycles. The molecule has 21 heavy (non-hydrogen) atoms. The third-order valence-electron chi connectivity index (χ3n) is 3.17. The van der Waals surface area contributed by atoms with Crippen LogP contribution in [0.5, 0.6) is 0 Å². The molecular formula is C16H14N2O3. The van der Waals surface area contributed by atoms with Crippen molar-refractivity contribution in [2.45, 2.75) is 13.8 Å². The van der Waals surface area contributed by atoms with Crippen molar-refractivity contribution in [2.24, 2.45) is 0 Å². The van der Waals surface area contributed by atoms with Crippen LogP contribution in [0.25, 0.3) is 17.1 Å². The molecule has 3 aromatic rings. The summed E-state index contributed by atoms with van der Waals surface area (Å²) in [7, 11) is 0. The van der Waals surface area contributed by atoms with Gasteiger partial charge in [0.2, 0.25) is 0 Å². The standard InChI is InChI=1S/C16H14N2O3/c1-10-6-11(2)8-12(7-10)18-9-13(16(19)20)15(17-18)14-4-3-5-21-14/h3-9H,1-2H3,(H,19,20). The molecule has 0 saturated carbocycles. The van der Waals surface area contributed by atoms with Crippen LogP contribution in [0.4, 0.5) is 0 Å². The van der Waals surface area contributed by atoms with Gasteiger partial charge in [-0.25, -0.2) is 9.48 Å². The van der Waals surface area contributed by atoms with E-state index in [1.165, 1.54) is 12.5 Å². The number of rotatable bonds is 3. The topological polar surface area (TPSA) is 68.3 Å². The first kappa shape index (κ1) is 13.2. The summed E-state index contributed by atoms with van der Waals surface area (Å²) >= 11 is 0. The molecule has 1 N–H and O–H groups in total. The van der Waals surface area contributed by atoms with Crippen LogP contribution < -0.4 is 0 Å². The van der Waals surface area contributed by atoms with E-state index in [4.69, 9.17) is 4.42 Å². The van der Waals surface area contributed by atoms with Gasteiger partial charge in [-0.15, -0.1) is 0 Å². The predicted octanol–water partition coefficient (Wildman–Crippen LogP) is 3.45. The van der Waals surface area contributed by atoms with E-state index < -0.39 is 5.97 Å². The molecule has 0 unspecified atom stereocenters. The summed E-state index contributed by atoms with van der Waals surface area (Å²) < 4.78 is 6.84. The van der Waals surface area contributed by atoms with Crippen LogP contribution in [-0.2, 0) is 0 Å². The van der Waals surface area contributed by atoms with Gasteiger partial charge in [-0.1, -0.05) is 6.07 Å². The van der Waals surface area contributed by atoms with E-state index in [0.29, 0.717) is 11.5 Å². The maximum absolute atomic E-state index is 11.4. The second kappa shape index (κ2) is 4.94. The molecule has 0 radical (unpaired) electrons. The lowest BCUT2D eigenvalue weighted by molar-refractivity contribution is 0.0697. The van der Waals surface area contributed by atoms with Crippen LogP contribution in [0.1, 0.15) is 21.5 Å². The van der Waals surface area contributed by atoms with E-state index in [1.54, 1.807) is 16.8 Å². The van der Waals surface area contributed by atoms with Crippen LogP contribution in [0, 0.1) is 13.8 Å². The second-order valence-corrected chi connectivity index (χ2v) is 4.96. The zero-order valence-corrected chi connectivity index (χ0v) is 11.7. The number of furan rings is 1. The quantitative estimate of drug-likeness (QED) is 0.799. The molecule has 5 heteroatoms. The number of carboxylic acid groups (broad SMARTS) is 1. The van der Waals surface area contributed by atoms with E-state index >= 15 is 0 Å². The molecule has 5 nitrogen and oxygen atoms in total. The minimum Gasteiger partial charge on any atom is -0.478 e. The molecule has 2 aromatic heterocycles. The zero-order chi connectivity index (χ0) is 15.0. The first-order chi connectivity index (χ1) is 10.0. The van der Waals surface area contributed by atoms with Crippen molar-refractivity contribution in [3.05, 3.63) is 59.5 Å². The minimum atomic E-state index is -1.03. The average molecular weight is 282 g/mol. The van der Waals surface area contributed by atoms with Gasteiger partial charge in [-0.3, -0.25) is 0 Å². The molecule has 0 bridgehead atoms. The molecule has 0 aliphatic carbocycles. The van der Waals surface area contributed by atoms with Crippen LogP contribution in [0.3, 0.4) is 0 Å². The Kier molecular flexibility index (Phi) is 3.10. The van der Waals surface area contributed by atoms with E-state index in [-0.39, 0.29) is 5.56 Å². The molecule has 0 atom stereocenters. The largest absolute Gasteiger partial charge is 0.478 e. The Hall–Kier alpha value is -2.82. The zero-order valence-electron chi connectivity index (χ0n) is 11.7. The van der Waals surface area contributed by atoms with E-state index in [1.807, 2.05) is 26.0 Å². The highest BCUT2D eigenvalue weighted by atomic mass is 16.4. The molecule has 0 amide bonds. The van der Waals surface area contributed by atoms with Gasteiger partial charge in [-0.2, -0.15) is 5.10 Å². The molecule has 0 fully saturated rings. The summed E-state index contributed by atoms with van der Waals surface area (Å²) in [6, 6.07) is 9.37. The fraction of sp³-hybridized carbons (Fsp3) is 0.125. The van der Waals surface area contributed by atoms with Crippen molar-refractivity contribution in [3.8, 4) is 17.1 Å². The lowest BCUT2D eigenvalue weighted by atomic mass is 10.1. The summed E-state index contributed by atoms with van der Waals surface area (Å²) in [5.41, 5.74) is 3.46. The summed E-state index contributed by atoms with van der Waals surface area (Å²) in [4.78, 5) is 11.4. The highest BCUT2D eigenvalue weighted by molar-refractivity contribution is 5.94. The Morgan fingerprint density at radius 2 is 1.95 bits per heavy atom. The number of aromatic nitrogens is 2. The number of hydrogen-bond donors (Lipinski definition) is 1. The minimum absolute atomic E-state index is 0.115. The van der Waals surface area contributed by atoms with Gasteiger partial charge in [-0.05, 0) is 49.2 Å². The van der Waals surface area contributed by atoms with Crippen molar-refractivity contribution in [1.82, 2.24) is 9.78 Å². The van der Waals surface area contributed by atoms with Gasteiger partial charge in [0, 0.05) is 6.20 Å². The molecule has 0 aliphatic rings. The number of carboxylic acids is 1. The van der Waals surface area contributed by atoms with Gasteiger partial charge in [0.25, 0.3) is 0 Å². The predicted molar refractivity (Wildman–Crippen MR) is 77.7 cm³/mol. The average Bonchev–Trinajstić information content (AvgIpc) is 3.06. The maximum atomic E-state index is 11.4. The number of benzene rings is 1. The number of nitrogens with zero attached hydrogens (tertiary/aromatic N) is 2. The first-order valence-electron chi connectivity index (χ1n) is 6.50. The lowest BCUT2D eigenvalue weighted by Gasteiger charge is -2.04. The molecular weight excluding hydrogens is 268 g/mol. The van der Waals surface area contributed by atoms with Crippen molar-refractivity contribution in [2.75, 3.05) is 0 Å². The summed E-state index contributed by atoms with van der Waals surface area (Å²) in [5, 5.41) is 13.7. The van der Waals surface area contributed by atoms with Crippen LogP contribution in [-0.4, -0.2) is 20.9 Å². The number of aryl methyl sites for hydroxylation is 2. The second-order valence-electron chi connectivity index (χ2n) is 4.96. The van der Waals surface area contributed by atoms with Gasteiger partial charge in [0.1, 0.15) is 11.3 Å². The van der Waals surface area contributed by atoms with Crippen LogP contribution in [0.2, 0.25) is 0 Å². The van der Waals surface area contributed by atoms with Crippen molar-refractivity contribution in [3.63, 3.8) is 0 Å². The van der Waals surface area contributed by atoms with E-state index in [9.17, 15) is 9.90 Å². The third kappa shape index (κ3) is 2.45. The molecule has 2 heterocycles. The molecule has 3 rings (SSSR count). The van der Waals surface area contributed by atoms with Gasteiger partial charge < -0.3 is 9.52 Å². The third-order valence-corrected chi connectivity index (χ3v) is 3.17. The number of hydrogen-bond acceptors (Lipinski definition) is 3. The van der Waals surface area contributed by atoms with Crippen molar-refractivity contribution in [1.29, 1.82) is 0 Å². The Labute approximate surface area is 121 Å². The molecule has 1 aromatic carbocycles. The van der Waals surface area contributed by atoms with Crippen LogP contribution in [0.15, 0.2) is 47.2 Å². The van der Waals surface area contributed by atoms with Crippen molar-refractivity contribution < 1.29 is 14.3 Å². The highest BCUT2D eigenvalue weighted by Gasteiger charge is 2.19. The van der Waals surface area contributed by atoms with E-state index in [0.717, 1.165) is 16.8 Å². The fourth-order valence-electron chi connectivity index (χ4n) is 2.34. The highest BCUT2D eigenvalue weighted by Crippen LogP contribution is 2.24. The summed E-state index contributed by atoms with van der Waals surface area (Å²) in [6.07, 6.45) is 3.01. The molecule has 0 spiro atoms. The van der Waals surface area contributed by atoms with Crippen molar-refractivity contribution >= 4 is 5.97 Å². The van der Waals surface area contributed by atoms with E-state index in [2.05, 4.69) is 11.2 Å². The number of carbonyl (C=O) groups is 1. The molecule has 0 saturated heterocycles. The lowest BCUT2D eigenvalue weighted by Crippen LogP contribution is -1.96. The first-order valence-corrected chi connectivity index (χ1v) is 6.50. The summed E-state index contributed by atoms with van der Waals surface area (Å²) in [5.74, 6) is -0.590. The monoisotopic (exact) mass is 282 g/mol. The van der Waals surface area contributed by atoms with Gasteiger partial charge in [0.05, 0.1) is 12.0 Å². The summed E-state index contributed by atoms with van der Waals surface area (Å²) in [6.45, 7) is 3.98. The maximum Gasteiger partial charge on any atom is 0.339 e. The number of aromatic carboxylic acids is 1. The van der Waals surface area contributed by atoms with Crippen LogP contribution >= 0.6 is 0 Å². The smallest absolute Gasteiger partial charge is 0.339 e. The molecule has 106 valence electrons. The Morgan fingerprint density at radius 1 is 1.24 bits per heavy atom. The Morgan fingerprint density at radius 3 is 2.52 bits per heavy atom. The fourth-order valence-corrected chi connectivity index (χ4v) is 2.34. The Bertz CT molecular complexity index is 781. The van der Waals surface area contributed by atoms with Gasteiger partial charge >= 0.3 is 5.97 Å². The normalized spacial score (nSPS) is 10.8. The Balaban J connectivity index is 2.17.